The average Bonchev–Trinajstić information content (AvgIpc) is 2.71. The van der Waals surface area contributed by atoms with Crippen LogP contribution in [0.5, 0.6) is 0 Å². The van der Waals surface area contributed by atoms with Crippen molar-refractivity contribution in [1.82, 2.24) is 15.2 Å². The summed E-state index contributed by atoms with van der Waals surface area (Å²) in [4.78, 5) is 17.6. The molecule has 0 bridgehead atoms. The Bertz CT molecular complexity index is 941. The van der Waals surface area contributed by atoms with Gasteiger partial charge in [0.2, 0.25) is 0 Å². The van der Waals surface area contributed by atoms with Crippen LogP contribution in [0, 0.1) is 5.82 Å². The van der Waals surface area contributed by atoms with Crippen molar-refractivity contribution in [2.45, 2.75) is 18.4 Å². The normalized spacial score (nSPS) is 16.2. The number of nitrogens with zero attached hydrogens (tertiary/aromatic N) is 2. The number of carbonyl (C=O) groups is 1. The number of pyridine rings is 1. The topological polar surface area (TPSA) is 54.5 Å². The second kappa shape index (κ2) is 8.69. The monoisotopic (exact) mass is 451 g/mol. The Morgan fingerprint density at radius 2 is 1.68 bits per heavy atom. The number of benzene rings is 1. The van der Waals surface area contributed by atoms with Gasteiger partial charge in [-0.1, -0.05) is 6.07 Å². The molecule has 168 valence electrons. The predicted octanol–water partition coefficient (Wildman–Crippen LogP) is 4.39. The summed E-state index contributed by atoms with van der Waals surface area (Å²) in [6.07, 6.45) is -8.81. The Morgan fingerprint density at radius 1 is 1.03 bits per heavy atom. The molecule has 2 amide bonds. The summed E-state index contributed by atoms with van der Waals surface area (Å²) in [5.41, 5.74) is -3.78. The molecule has 0 aliphatic carbocycles. The minimum atomic E-state index is -4.99. The first-order valence-corrected chi connectivity index (χ1v) is 9.00. The third-order valence-electron chi connectivity index (χ3n) is 4.62. The Balaban J connectivity index is 2.05. The molecule has 12 heteroatoms. The van der Waals surface area contributed by atoms with Crippen molar-refractivity contribution >= 4 is 6.03 Å². The van der Waals surface area contributed by atoms with Crippen LogP contribution < -0.4 is 5.32 Å². The van der Waals surface area contributed by atoms with E-state index in [4.69, 9.17) is 4.74 Å². The van der Waals surface area contributed by atoms with E-state index in [1.165, 1.54) is 4.90 Å². The van der Waals surface area contributed by atoms with Crippen molar-refractivity contribution in [3.63, 3.8) is 0 Å². The maximum absolute atomic E-state index is 14.1. The van der Waals surface area contributed by atoms with Crippen LogP contribution in [-0.2, 0) is 17.1 Å². The summed E-state index contributed by atoms with van der Waals surface area (Å²) in [5.74, 6) is -1.68. The van der Waals surface area contributed by atoms with E-state index in [0.29, 0.717) is 12.1 Å². The SMILES string of the molecule is O=C(N[C@@H](c1ccc(C(F)(F)F)c(F)c1)c1ncccc1C(F)(F)F)N1CCOCC1. The Labute approximate surface area is 171 Å². The van der Waals surface area contributed by atoms with Crippen molar-refractivity contribution < 1.29 is 40.3 Å². The molecule has 5 nitrogen and oxygen atoms in total. The van der Waals surface area contributed by atoms with Crippen LogP contribution in [-0.4, -0.2) is 42.2 Å². The van der Waals surface area contributed by atoms with Crippen LogP contribution in [0.2, 0.25) is 0 Å². The van der Waals surface area contributed by atoms with Crippen molar-refractivity contribution in [2.24, 2.45) is 0 Å². The van der Waals surface area contributed by atoms with Gasteiger partial charge >= 0.3 is 18.4 Å². The zero-order valence-corrected chi connectivity index (χ0v) is 15.7. The van der Waals surface area contributed by atoms with Crippen LogP contribution in [0.3, 0.4) is 0 Å². The lowest BCUT2D eigenvalue weighted by molar-refractivity contribution is -0.140. The summed E-state index contributed by atoms with van der Waals surface area (Å²) >= 11 is 0. The first-order valence-electron chi connectivity index (χ1n) is 9.00. The number of aromatic nitrogens is 1. The molecule has 1 aromatic carbocycles. The molecule has 2 heterocycles. The van der Waals surface area contributed by atoms with Gasteiger partial charge in [-0.25, -0.2) is 9.18 Å². The summed E-state index contributed by atoms with van der Waals surface area (Å²) in [6.45, 7) is 0.747. The fourth-order valence-corrected chi connectivity index (χ4v) is 3.12. The third kappa shape index (κ3) is 5.24. The van der Waals surface area contributed by atoms with E-state index in [2.05, 4.69) is 10.3 Å². The standard InChI is InChI=1S/C19H16F7N3O2/c20-14-10-11(3-4-12(14)18(21,22)23)15(28-17(30)29-6-8-31-9-7-29)16-13(19(24,25)26)2-1-5-27-16/h1-5,10,15H,6-9H2,(H,28,30)/t15-/m0/s1. The molecule has 2 aromatic rings. The molecular weight excluding hydrogens is 435 g/mol. The van der Waals surface area contributed by atoms with Crippen LogP contribution in [0.1, 0.15) is 28.4 Å². The van der Waals surface area contributed by atoms with Crippen molar-refractivity contribution in [2.75, 3.05) is 26.3 Å². The van der Waals surface area contributed by atoms with E-state index >= 15 is 0 Å². The molecule has 3 rings (SSSR count). The van der Waals surface area contributed by atoms with Gasteiger partial charge < -0.3 is 15.0 Å². The summed E-state index contributed by atoms with van der Waals surface area (Å²) in [7, 11) is 0. The molecule has 1 saturated heterocycles. The van der Waals surface area contributed by atoms with E-state index in [0.717, 1.165) is 24.4 Å². The largest absolute Gasteiger partial charge is 0.419 e. The number of hydrogen-bond donors (Lipinski definition) is 1. The number of amides is 2. The first kappa shape index (κ1) is 22.8. The number of ether oxygens (including phenoxy) is 1. The van der Waals surface area contributed by atoms with Crippen molar-refractivity contribution in [3.05, 3.63) is 64.7 Å². The van der Waals surface area contributed by atoms with E-state index in [9.17, 15) is 35.5 Å². The Kier molecular flexibility index (Phi) is 6.39. The zero-order valence-electron chi connectivity index (χ0n) is 15.7. The molecule has 1 aromatic heterocycles. The predicted molar refractivity (Wildman–Crippen MR) is 93.4 cm³/mol. The van der Waals surface area contributed by atoms with Gasteiger partial charge in [-0.3, -0.25) is 4.98 Å². The molecule has 1 atom stereocenters. The molecule has 1 N–H and O–H groups in total. The molecule has 1 aliphatic heterocycles. The molecule has 0 unspecified atom stereocenters. The van der Waals surface area contributed by atoms with Gasteiger partial charge in [0.25, 0.3) is 0 Å². The van der Waals surface area contributed by atoms with Gasteiger partial charge in [-0.15, -0.1) is 0 Å². The fourth-order valence-electron chi connectivity index (χ4n) is 3.12. The van der Waals surface area contributed by atoms with Gasteiger partial charge in [-0.2, -0.15) is 26.3 Å². The maximum atomic E-state index is 14.1. The van der Waals surface area contributed by atoms with Gasteiger partial charge in [0.15, 0.2) is 0 Å². The summed E-state index contributed by atoms with van der Waals surface area (Å²) in [5, 5.41) is 2.34. The highest BCUT2D eigenvalue weighted by Gasteiger charge is 2.38. The molecule has 1 aliphatic rings. The van der Waals surface area contributed by atoms with Gasteiger partial charge in [0.1, 0.15) is 5.82 Å². The lowest BCUT2D eigenvalue weighted by Gasteiger charge is -2.30. The molecule has 31 heavy (non-hydrogen) atoms. The van der Waals surface area contributed by atoms with Crippen LogP contribution in [0.4, 0.5) is 35.5 Å². The number of alkyl halides is 6. The number of nitrogens with one attached hydrogen (secondary N) is 1. The Hall–Kier alpha value is -2.89. The van der Waals surface area contributed by atoms with Crippen molar-refractivity contribution in [3.8, 4) is 0 Å². The van der Waals surface area contributed by atoms with Crippen LogP contribution in [0.15, 0.2) is 36.5 Å². The fraction of sp³-hybridized carbons (Fsp3) is 0.368. The maximum Gasteiger partial charge on any atom is 0.419 e. The first-order chi connectivity index (χ1) is 14.5. The van der Waals surface area contributed by atoms with E-state index in [-0.39, 0.29) is 31.9 Å². The number of rotatable bonds is 3. The summed E-state index contributed by atoms with van der Waals surface area (Å²) < 4.78 is 98.5. The number of carbonyl (C=O) groups excluding carboxylic acids is 1. The molecule has 0 radical (unpaired) electrons. The smallest absolute Gasteiger partial charge is 0.378 e. The minimum absolute atomic E-state index is 0.161. The van der Waals surface area contributed by atoms with Crippen molar-refractivity contribution in [1.29, 1.82) is 0 Å². The average molecular weight is 451 g/mol. The van der Waals surface area contributed by atoms with E-state index < -0.39 is 47.1 Å². The lowest BCUT2D eigenvalue weighted by Crippen LogP contribution is -2.47. The van der Waals surface area contributed by atoms with Gasteiger partial charge in [0, 0.05) is 19.3 Å². The number of halogens is 7. The van der Waals surface area contributed by atoms with Gasteiger partial charge in [0.05, 0.1) is 36.1 Å². The van der Waals surface area contributed by atoms with Crippen LogP contribution >= 0.6 is 0 Å². The molecule has 0 spiro atoms. The number of urea groups is 1. The lowest BCUT2D eigenvalue weighted by atomic mass is 9.97. The molecule has 0 saturated carbocycles. The highest BCUT2D eigenvalue weighted by Crippen LogP contribution is 2.37. The van der Waals surface area contributed by atoms with Gasteiger partial charge in [-0.05, 0) is 29.8 Å². The number of hydrogen-bond acceptors (Lipinski definition) is 3. The second-order valence-corrected chi connectivity index (χ2v) is 6.65. The number of morpholine rings is 1. The second-order valence-electron chi connectivity index (χ2n) is 6.65. The quantitative estimate of drug-likeness (QED) is 0.705. The highest BCUT2D eigenvalue weighted by molar-refractivity contribution is 5.75. The highest BCUT2D eigenvalue weighted by atomic mass is 19.4. The minimum Gasteiger partial charge on any atom is -0.378 e. The Morgan fingerprint density at radius 3 is 2.26 bits per heavy atom. The van der Waals surface area contributed by atoms with E-state index in [1.54, 1.807) is 0 Å². The van der Waals surface area contributed by atoms with Crippen LogP contribution in [0.25, 0.3) is 0 Å². The molecular formula is C19H16F7N3O2. The van der Waals surface area contributed by atoms with E-state index in [1.807, 2.05) is 0 Å². The summed E-state index contributed by atoms with van der Waals surface area (Å²) in [6, 6.07) is 0.983. The molecule has 1 fully saturated rings. The third-order valence-corrected chi connectivity index (χ3v) is 4.62. The zero-order chi connectivity index (χ0) is 22.8.